The number of rotatable bonds is 13. The van der Waals surface area contributed by atoms with Crippen molar-refractivity contribution in [2.24, 2.45) is 0 Å². The van der Waals surface area contributed by atoms with Crippen molar-refractivity contribution in [2.75, 3.05) is 6.61 Å². The fourth-order valence-electron chi connectivity index (χ4n) is 2.33. The van der Waals surface area contributed by atoms with Gasteiger partial charge in [0, 0.05) is 6.42 Å². The van der Waals surface area contributed by atoms with Crippen molar-refractivity contribution in [3.8, 4) is 5.75 Å². The van der Waals surface area contributed by atoms with Gasteiger partial charge in [-0.3, -0.25) is 4.79 Å². The Morgan fingerprint density at radius 3 is 2.58 bits per heavy atom. The van der Waals surface area contributed by atoms with Crippen molar-refractivity contribution >= 4 is 5.97 Å². The highest BCUT2D eigenvalue weighted by atomic mass is 16.5. The van der Waals surface area contributed by atoms with Crippen molar-refractivity contribution < 1.29 is 19.7 Å². The Balaban J connectivity index is 2.18. The number of benzene rings is 1. The maximum absolute atomic E-state index is 10.4. The molecule has 134 valence electrons. The predicted octanol–water partition coefficient (Wildman–Crippen LogP) is 4.36. The van der Waals surface area contributed by atoms with Gasteiger partial charge in [0.25, 0.3) is 0 Å². The third kappa shape index (κ3) is 10.1. The van der Waals surface area contributed by atoms with Gasteiger partial charge in [0.2, 0.25) is 0 Å². The van der Waals surface area contributed by atoms with Crippen LogP contribution in [0.25, 0.3) is 0 Å². The molecule has 0 saturated heterocycles. The third-order valence-electron chi connectivity index (χ3n) is 3.77. The summed E-state index contributed by atoms with van der Waals surface area (Å²) in [6.45, 7) is 2.46. The number of aliphatic hydroxyl groups excluding tert-OH is 1. The van der Waals surface area contributed by atoms with E-state index in [0.29, 0.717) is 12.8 Å². The van der Waals surface area contributed by atoms with E-state index in [1.807, 2.05) is 24.3 Å². The Bertz CT molecular complexity index is 479. The van der Waals surface area contributed by atoms with E-state index in [-0.39, 0.29) is 13.0 Å². The van der Waals surface area contributed by atoms with Gasteiger partial charge in [-0.15, -0.1) is 0 Å². The molecule has 1 aromatic rings. The lowest BCUT2D eigenvalue weighted by molar-refractivity contribution is -0.137. The molecule has 24 heavy (non-hydrogen) atoms. The van der Waals surface area contributed by atoms with Crippen LogP contribution in [0.15, 0.2) is 36.4 Å². The van der Waals surface area contributed by atoms with Crippen LogP contribution in [0.4, 0.5) is 0 Å². The molecule has 0 aliphatic heterocycles. The zero-order chi connectivity index (χ0) is 17.6. The second-order valence-electron chi connectivity index (χ2n) is 6.06. The summed E-state index contributed by atoms with van der Waals surface area (Å²) in [6.07, 6.45) is 10.1. The summed E-state index contributed by atoms with van der Waals surface area (Å²) in [5.41, 5.74) is 1.32. The summed E-state index contributed by atoms with van der Waals surface area (Å²) in [6, 6.07) is 8.07. The Morgan fingerprint density at radius 1 is 1.17 bits per heavy atom. The van der Waals surface area contributed by atoms with E-state index in [2.05, 4.69) is 19.1 Å². The molecule has 1 rings (SSSR count). The monoisotopic (exact) mass is 334 g/mol. The van der Waals surface area contributed by atoms with Crippen LogP contribution in [0.3, 0.4) is 0 Å². The minimum absolute atomic E-state index is 0.185. The largest absolute Gasteiger partial charge is 0.491 e. The van der Waals surface area contributed by atoms with Crippen LogP contribution >= 0.6 is 0 Å². The number of aliphatic carboxylic acids is 1. The van der Waals surface area contributed by atoms with E-state index < -0.39 is 12.1 Å². The molecule has 0 fully saturated rings. The Kier molecular flexibility index (Phi) is 10.6. The molecule has 0 bridgehead atoms. The smallest absolute Gasteiger partial charge is 0.303 e. The number of hydrogen-bond donors (Lipinski definition) is 2. The first-order chi connectivity index (χ1) is 11.6. The van der Waals surface area contributed by atoms with Gasteiger partial charge < -0.3 is 14.9 Å². The lowest BCUT2D eigenvalue weighted by Crippen LogP contribution is -2.16. The molecule has 4 nitrogen and oxygen atoms in total. The maximum Gasteiger partial charge on any atom is 0.303 e. The van der Waals surface area contributed by atoms with Crippen molar-refractivity contribution in [3.63, 3.8) is 0 Å². The number of aryl methyl sites for hydroxylation is 1. The van der Waals surface area contributed by atoms with E-state index in [4.69, 9.17) is 9.84 Å². The van der Waals surface area contributed by atoms with Crippen molar-refractivity contribution in [1.82, 2.24) is 0 Å². The summed E-state index contributed by atoms with van der Waals surface area (Å²) >= 11 is 0. The standard InChI is InChI=1S/C20H30O4/c1-2-3-6-9-17-12-14-19(15-13-17)24-16-18(21)10-7-4-5-8-11-20(22)23/h4,7,12-15,18,21H,2-3,5-6,8-11,16H2,1H3,(H,22,23)/b7-4-. The summed E-state index contributed by atoms with van der Waals surface area (Å²) in [5, 5.41) is 18.4. The van der Waals surface area contributed by atoms with Crippen LogP contribution in [0.2, 0.25) is 0 Å². The average Bonchev–Trinajstić information content (AvgIpc) is 2.57. The fraction of sp³-hybridized carbons (Fsp3) is 0.550. The highest BCUT2D eigenvalue weighted by Crippen LogP contribution is 2.15. The number of hydrogen-bond acceptors (Lipinski definition) is 3. The molecule has 0 aliphatic carbocycles. The van der Waals surface area contributed by atoms with E-state index >= 15 is 0 Å². The normalized spacial score (nSPS) is 12.4. The van der Waals surface area contributed by atoms with Gasteiger partial charge in [-0.1, -0.05) is 44.1 Å². The lowest BCUT2D eigenvalue weighted by atomic mass is 10.1. The van der Waals surface area contributed by atoms with Crippen LogP contribution in [0.1, 0.15) is 57.4 Å². The number of unbranched alkanes of at least 4 members (excludes halogenated alkanes) is 3. The molecule has 1 atom stereocenters. The molecule has 4 heteroatoms. The van der Waals surface area contributed by atoms with Crippen molar-refractivity contribution in [1.29, 1.82) is 0 Å². The summed E-state index contributed by atoms with van der Waals surface area (Å²) in [4.78, 5) is 10.4. The number of carboxylic acids is 1. The zero-order valence-electron chi connectivity index (χ0n) is 14.6. The molecular formula is C20H30O4. The minimum Gasteiger partial charge on any atom is -0.491 e. The molecule has 1 unspecified atom stereocenters. The second-order valence-corrected chi connectivity index (χ2v) is 6.06. The molecule has 0 radical (unpaired) electrons. The first kappa shape index (κ1) is 20.2. The Morgan fingerprint density at radius 2 is 1.92 bits per heavy atom. The van der Waals surface area contributed by atoms with Crippen LogP contribution in [-0.2, 0) is 11.2 Å². The topological polar surface area (TPSA) is 66.8 Å². The molecule has 0 aliphatic rings. The number of allylic oxidation sites excluding steroid dienone is 1. The fourth-order valence-corrected chi connectivity index (χ4v) is 2.33. The number of carbonyl (C=O) groups is 1. The highest BCUT2D eigenvalue weighted by molar-refractivity contribution is 5.66. The minimum atomic E-state index is -0.770. The van der Waals surface area contributed by atoms with E-state index in [9.17, 15) is 9.90 Å². The van der Waals surface area contributed by atoms with E-state index in [0.717, 1.165) is 18.6 Å². The second kappa shape index (κ2) is 12.6. The Labute approximate surface area is 145 Å². The van der Waals surface area contributed by atoms with Gasteiger partial charge in [-0.05, 0) is 49.8 Å². The van der Waals surface area contributed by atoms with Gasteiger partial charge in [-0.25, -0.2) is 0 Å². The molecular weight excluding hydrogens is 304 g/mol. The molecule has 0 aromatic heterocycles. The predicted molar refractivity (Wildman–Crippen MR) is 96.4 cm³/mol. The Hall–Kier alpha value is -1.81. The highest BCUT2D eigenvalue weighted by Gasteiger charge is 2.03. The van der Waals surface area contributed by atoms with Gasteiger partial charge >= 0.3 is 5.97 Å². The zero-order valence-corrected chi connectivity index (χ0v) is 14.6. The third-order valence-corrected chi connectivity index (χ3v) is 3.77. The van der Waals surface area contributed by atoms with Crippen molar-refractivity contribution in [2.45, 2.75) is 64.4 Å². The summed E-state index contributed by atoms with van der Waals surface area (Å²) in [5.74, 6) is 0.00643. The number of carboxylic acid groups (broad SMARTS) is 1. The number of aliphatic hydroxyl groups is 1. The van der Waals surface area contributed by atoms with Crippen molar-refractivity contribution in [3.05, 3.63) is 42.0 Å². The van der Waals surface area contributed by atoms with Crippen LogP contribution in [0, 0.1) is 0 Å². The van der Waals surface area contributed by atoms with Crippen LogP contribution < -0.4 is 4.74 Å². The first-order valence-corrected chi connectivity index (χ1v) is 8.88. The van der Waals surface area contributed by atoms with Crippen LogP contribution in [0.5, 0.6) is 5.75 Å². The van der Waals surface area contributed by atoms with Gasteiger partial charge in [0.05, 0.1) is 6.10 Å². The average molecular weight is 334 g/mol. The summed E-state index contributed by atoms with van der Waals surface area (Å²) < 4.78 is 5.60. The molecule has 2 N–H and O–H groups in total. The molecule has 0 spiro atoms. The van der Waals surface area contributed by atoms with Crippen LogP contribution in [-0.4, -0.2) is 28.9 Å². The lowest BCUT2D eigenvalue weighted by Gasteiger charge is -2.11. The van der Waals surface area contributed by atoms with E-state index in [1.54, 1.807) is 0 Å². The maximum atomic E-state index is 10.4. The van der Waals surface area contributed by atoms with Gasteiger partial charge in [0.1, 0.15) is 12.4 Å². The molecule has 0 saturated carbocycles. The molecule has 0 heterocycles. The quantitative estimate of drug-likeness (QED) is 0.415. The van der Waals surface area contributed by atoms with E-state index in [1.165, 1.54) is 24.8 Å². The number of ether oxygens (including phenoxy) is 1. The van der Waals surface area contributed by atoms with Gasteiger partial charge in [-0.2, -0.15) is 0 Å². The SMILES string of the molecule is CCCCCc1ccc(OCC(O)C/C=C\CCCC(=O)O)cc1. The molecule has 0 amide bonds. The van der Waals surface area contributed by atoms with Gasteiger partial charge in [0.15, 0.2) is 0 Å². The molecule has 1 aromatic carbocycles. The summed E-state index contributed by atoms with van der Waals surface area (Å²) in [7, 11) is 0. The first-order valence-electron chi connectivity index (χ1n) is 8.88.